The number of hydrogen-bond donors (Lipinski definition) is 0. The summed E-state index contributed by atoms with van der Waals surface area (Å²) in [6.45, 7) is 5.52. The van der Waals surface area contributed by atoms with Crippen molar-refractivity contribution in [1.29, 1.82) is 0 Å². The van der Waals surface area contributed by atoms with Crippen molar-refractivity contribution in [1.82, 2.24) is 4.90 Å². The van der Waals surface area contributed by atoms with Crippen molar-refractivity contribution in [2.75, 3.05) is 18.4 Å². The van der Waals surface area contributed by atoms with Gasteiger partial charge in [0.1, 0.15) is 0 Å². The first-order chi connectivity index (χ1) is 6.67. The van der Waals surface area contributed by atoms with Crippen molar-refractivity contribution in [2.45, 2.75) is 38.9 Å². The maximum Gasteiger partial charge on any atom is 0.222 e. The summed E-state index contributed by atoms with van der Waals surface area (Å²) in [4.78, 5) is 13.6. The Balaban J connectivity index is 2.48. The third-order valence-electron chi connectivity index (χ3n) is 2.31. The fourth-order valence-electron chi connectivity index (χ4n) is 1.71. The van der Waals surface area contributed by atoms with Crippen molar-refractivity contribution >= 4 is 21.8 Å². The van der Waals surface area contributed by atoms with Crippen molar-refractivity contribution in [3.05, 3.63) is 0 Å². The topological polar surface area (TPSA) is 29.5 Å². The van der Waals surface area contributed by atoms with Crippen LogP contribution in [0.4, 0.5) is 0 Å². The number of hydrogen-bond acceptors (Lipinski definition) is 2. The Bertz CT molecular complexity index is 199. The molecule has 1 heterocycles. The van der Waals surface area contributed by atoms with Crippen molar-refractivity contribution < 1.29 is 9.53 Å². The quantitative estimate of drug-likeness (QED) is 0.727. The third-order valence-corrected chi connectivity index (χ3v) is 3.04. The second kappa shape index (κ2) is 5.71. The maximum atomic E-state index is 11.7. The zero-order valence-electron chi connectivity index (χ0n) is 8.83. The molecule has 0 aromatic rings. The van der Waals surface area contributed by atoms with Gasteiger partial charge in [-0.05, 0) is 13.3 Å². The van der Waals surface area contributed by atoms with Crippen LogP contribution >= 0.6 is 15.9 Å². The number of carbonyl (C=O) groups excluding carboxylic acids is 1. The lowest BCUT2D eigenvalue weighted by Gasteiger charge is -2.36. The number of amides is 1. The molecule has 1 aliphatic rings. The summed E-state index contributed by atoms with van der Waals surface area (Å²) >= 11 is 3.39. The van der Waals surface area contributed by atoms with Gasteiger partial charge in [0.2, 0.25) is 5.91 Å². The van der Waals surface area contributed by atoms with Crippen LogP contribution in [0, 0.1) is 0 Å². The van der Waals surface area contributed by atoms with Crippen LogP contribution in [0.2, 0.25) is 0 Å². The summed E-state index contributed by atoms with van der Waals surface area (Å²) in [5.74, 6) is 0.258. The molecule has 4 heteroatoms. The highest BCUT2D eigenvalue weighted by Crippen LogP contribution is 2.14. The van der Waals surface area contributed by atoms with E-state index >= 15 is 0 Å². The molecule has 1 aliphatic heterocycles. The monoisotopic (exact) mass is 263 g/mol. The summed E-state index contributed by atoms with van der Waals surface area (Å²) in [6, 6.07) is 0. The predicted molar refractivity (Wildman–Crippen MR) is 59.6 cm³/mol. The standard InChI is InChI=1S/C10H18BrNO2/c1-3-4-10(13)12-6-8(2)14-9(5-11)7-12/h8-9H,3-7H2,1-2H3. The molecule has 1 rings (SSSR count). The average Bonchev–Trinajstić information content (AvgIpc) is 2.17. The molecular formula is C10H18BrNO2. The number of alkyl halides is 1. The van der Waals surface area contributed by atoms with Gasteiger partial charge in [-0.25, -0.2) is 0 Å². The molecule has 1 amide bonds. The lowest BCUT2D eigenvalue weighted by molar-refractivity contribution is -0.142. The van der Waals surface area contributed by atoms with Crippen LogP contribution < -0.4 is 0 Å². The van der Waals surface area contributed by atoms with Gasteiger partial charge in [-0.15, -0.1) is 0 Å². The molecule has 2 atom stereocenters. The third kappa shape index (κ3) is 3.24. The number of halogens is 1. The van der Waals surface area contributed by atoms with Gasteiger partial charge in [0, 0.05) is 24.8 Å². The zero-order valence-corrected chi connectivity index (χ0v) is 10.4. The Morgan fingerprint density at radius 2 is 2.29 bits per heavy atom. The molecule has 0 aromatic heterocycles. The van der Waals surface area contributed by atoms with Crippen LogP contribution in [-0.4, -0.2) is 41.4 Å². The zero-order chi connectivity index (χ0) is 10.6. The van der Waals surface area contributed by atoms with Crippen LogP contribution in [0.1, 0.15) is 26.7 Å². The highest BCUT2D eigenvalue weighted by molar-refractivity contribution is 9.09. The number of ether oxygens (including phenoxy) is 1. The van der Waals surface area contributed by atoms with Gasteiger partial charge in [0.05, 0.1) is 12.2 Å². The van der Waals surface area contributed by atoms with Gasteiger partial charge >= 0.3 is 0 Å². The van der Waals surface area contributed by atoms with Crippen LogP contribution in [0.3, 0.4) is 0 Å². The molecule has 14 heavy (non-hydrogen) atoms. The second-order valence-corrected chi connectivity index (χ2v) is 4.42. The Hall–Kier alpha value is -0.0900. The first kappa shape index (κ1) is 12.0. The van der Waals surface area contributed by atoms with E-state index in [4.69, 9.17) is 4.74 Å². The van der Waals surface area contributed by atoms with E-state index in [-0.39, 0.29) is 18.1 Å². The summed E-state index contributed by atoms with van der Waals surface area (Å²) in [5, 5.41) is 0.799. The fourth-order valence-corrected chi connectivity index (χ4v) is 2.06. The van der Waals surface area contributed by atoms with E-state index < -0.39 is 0 Å². The number of carbonyl (C=O) groups is 1. The first-order valence-electron chi connectivity index (χ1n) is 5.16. The van der Waals surface area contributed by atoms with Crippen molar-refractivity contribution in [2.24, 2.45) is 0 Å². The average molecular weight is 264 g/mol. The number of nitrogens with zero attached hydrogens (tertiary/aromatic N) is 1. The molecule has 1 fully saturated rings. The molecule has 0 aliphatic carbocycles. The van der Waals surface area contributed by atoms with E-state index in [2.05, 4.69) is 15.9 Å². The van der Waals surface area contributed by atoms with E-state index in [9.17, 15) is 4.79 Å². The van der Waals surface area contributed by atoms with Gasteiger partial charge in [-0.2, -0.15) is 0 Å². The molecule has 82 valence electrons. The van der Waals surface area contributed by atoms with Gasteiger partial charge < -0.3 is 9.64 Å². The minimum absolute atomic E-state index is 0.152. The van der Waals surface area contributed by atoms with E-state index in [1.807, 2.05) is 18.7 Å². The molecular weight excluding hydrogens is 246 g/mol. The lowest BCUT2D eigenvalue weighted by atomic mass is 10.2. The molecule has 0 aromatic carbocycles. The molecule has 3 nitrogen and oxygen atoms in total. The lowest BCUT2D eigenvalue weighted by Crippen LogP contribution is -2.49. The molecule has 0 spiro atoms. The summed E-state index contributed by atoms with van der Waals surface area (Å²) < 4.78 is 5.65. The fraction of sp³-hybridized carbons (Fsp3) is 0.900. The van der Waals surface area contributed by atoms with Gasteiger partial charge in [-0.3, -0.25) is 4.79 Å². The Morgan fingerprint density at radius 1 is 1.57 bits per heavy atom. The highest BCUT2D eigenvalue weighted by Gasteiger charge is 2.26. The highest BCUT2D eigenvalue weighted by atomic mass is 79.9. The van der Waals surface area contributed by atoms with E-state index in [1.54, 1.807) is 0 Å². The maximum absolute atomic E-state index is 11.7. The molecule has 2 unspecified atom stereocenters. The second-order valence-electron chi connectivity index (χ2n) is 3.77. The molecule has 0 radical (unpaired) electrons. The van der Waals surface area contributed by atoms with Crippen LogP contribution in [0.25, 0.3) is 0 Å². The van der Waals surface area contributed by atoms with Gasteiger partial charge in [-0.1, -0.05) is 22.9 Å². The van der Waals surface area contributed by atoms with Crippen LogP contribution in [0.5, 0.6) is 0 Å². The molecule has 0 saturated carbocycles. The van der Waals surface area contributed by atoms with Crippen molar-refractivity contribution in [3.8, 4) is 0 Å². The number of morpholine rings is 1. The predicted octanol–water partition coefficient (Wildman–Crippen LogP) is 1.80. The smallest absolute Gasteiger partial charge is 0.222 e. The van der Waals surface area contributed by atoms with Crippen LogP contribution in [-0.2, 0) is 9.53 Å². The summed E-state index contributed by atoms with van der Waals surface area (Å²) in [6.07, 6.45) is 1.89. The molecule has 1 saturated heterocycles. The van der Waals surface area contributed by atoms with Gasteiger partial charge in [0.15, 0.2) is 0 Å². The normalized spacial score (nSPS) is 27.8. The van der Waals surface area contributed by atoms with E-state index in [0.29, 0.717) is 6.42 Å². The van der Waals surface area contributed by atoms with Crippen molar-refractivity contribution in [3.63, 3.8) is 0 Å². The molecule has 0 bridgehead atoms. The minimum atomic E-state index is 0.152. The minimum Gasteiger partial charge on any atom is -0.371 e. The van der Waals surface area contributed by atoms with Gasteiger partial charge in [0.25, 0.3) is 0 Å². The molecule has 0 N–H and O–H groups in total. The number of rotatable bonds is 3. The Kier molecular flexibility index (Phi) is 4.89. The Labute approximate surface area is 93.9 Å². The SMILES string of the molecule is CCCC(=O)N1CC(C)OC(CBr)C1. The summed E-state index contributed by atoms with van der Waals surface area (Å²) in [7, 11) is 0. The first-order valence-corrected chi connectivity index (χ1v) is 6.28. The van der Waals surface area contributed by atoms with E-state index in [1.165, 1.54) is 0 Å². The Morgan fingerprint density at radius 3 is 2.86 bits per heavy atom. The van der Waals surface area contributed by atoms with E-state index in [0.717, 1.165) is 24.8 Å². The summed E-state index contributed by atoms with van der Waals surface area (Å²) in [5.41, 5.74) is 0. The van der Waals surface area contributed by atoms with Crippen LogP contribution in [0.15, 0.2) is 0 Å². The largest absolute Gasteiger partial charge is 0.371 e.